The number of aromatic hydroxyl groups is 1. The van der Waals surface area contributed by atoms with Gasteiger partial charge in [-0.05, 0) is 54.2 Å². The molecular formula is C26H26ClN3O3. The number of phenolic OH excluding ortho intramolecular Hbond substituents is 1. The highest BCUT2D eigenvalue weighted by Crippen LogP contribution is 2.51. The number of aryl methyl sites for hydroxylation is 1. The number of carbonyl (C=O) groups excluding carboxylic acids is 1. The fraction of sp³-hybridized carbons (Fsp3) is 0.308. The zero-order valence-electron chi connectivity index (χ0n) is 19.1. The van der Waals surface area contributed by atoms with Gasteiger partial charge in [0.2, 0.25) is 0 Å². The van der Waals surface area contributed by atoms with Crippen molar-refractivity contribution in [2.75, 3.05) is 12.0 Å². The molecule has 0 amide bonds. The smallest absolute Gasteiger partial charge is 0.162 e. The summed E-state index contributed by atoms with van der Waals surface area (Å²) in [6.07, 6.45) is 0.962. The third kappa shape index (κ3) is 3.83. The molecule has 0 spiro atoms. The van der Waals surface area contributed by atoms with Gasteiger partial charge in [-0.1, -0.05) is 37.6 Å². The van der Waals surface area contributed by atoms with Crippen LogP contribution in [0.5, 0.6) is 11.5 Å². The lowest BCUT2D eigenvalue weighted by atomic mass is 9.68. The van der Waals surface area contributed by atoms with Crippen molar-refractivity contribution in [3.05, 3.63) is 75.2 Å². The van der Waals surface area contributed by atoms with Gasteiger partial charge in [0, 0.05) is 22.7 Å². The summed E-state index contributed by atoms with van der Waals surface area (Å²) in [4.78, 5) is 15.4. The Balaban J connectivity index is 2.03. The van der Waals surface area contributed by atoms with Crippen molar-refractivity contribution in [2.45, 2.75) is 39.5 Å². The van der Waals surface area contributed by atoms with Gasteiger partial charge in [0.25, 0.3) is 0 Å². The van der Waals surface area contributed by atoms with Crippen molar-refractivity contribution in [1.29, 1.82) is 5.26 Å². The van der Waals surface area contributed by atoms with Gasteiger partial charge in [-0.2, -0.15) is 5.26 Å². The topological polar surface area (TPSA) is 99.6 Å². The number of carbonyl (C=O) groups is 1. The summed E-state index contributed by atoms with van der Waals surface area (Å²) in [5.74, 6) is -0.164. The van der Waals surface area contributed by atoms with Gasteiger partial charge in [0.15, 0.2) is 17.3 Å². The molecular weight excluding hydrogens is 438 g/mol. The first-order valence-electron chi connectivity index (χ1n) is 10.7. The van der Waals surface area contributed by atoms with Gasteiger partial charge in [-0.25, -0.2) is 0 Å². The maximum Gasteiger partial charge on any atom is 0.162 e. The molecule has 33 heavy (non-hydrogen) atoms. The summed E-state index contributed by atoms with van der Waals surface area (Å²) in [5.41, 5.74) is 10.3. The average Bonchev–Trinajstić information content (AvgIpc) is 2.74. The molecule has 1 unspecified atom stereocenters. The zero-order chi connectivity index (χ0) is 24.1. The third-order valence-corrected chi connectivity index (χ3v) is 6.57. The van der Waals surface area contributed by atoms with Gasteiger partial charge in [-0.3, -0.25) is 9.69 Å². The molecule has 7 heteroatoms. The number of ketones is 1. The van der Waals surface area contributed by atoms with Gasteiger partial charge in [-0.15, -0.1) is 0 Å². The number of anilines is 1. The number of nitriles is 1. The number of allylic oxidation sites excluding steroid dienone is 3. The lowest BCUT2D eigenvalue weighted by Crippen LogP contribution is -2.42. The van der Waals surface area contributed by atoms with E-state index < -0.39 is 5.92 Å². The Bertz CT molecular complexity index is 1270. The standard InChI is InChI=1S/C26H26ClN3O3/c1-14-5-7-16(27)10-18(14)30-19-11-26(2,3)12-21(32)24(19)23(17(13-28)25(30)29)15-6-8-20(31)22(9-15)33-4/h5-10,23,31H,11-12,29H2,1-4H3. The highest BCUT2D eigenvalue weighted by atomic mass is 35.5. The number of halogens is 1. The largest absolute Gasteiger partial charge is 0.504 e. The molecule has 0 saturated carbocycles. The number of methoxy groups -OCH3 is 1. The summed E-state index contributed by atoms with van der Waals surface area (Å²) < 4.78 is 5.28. The molecule has 2 aromatic carbocycles. The molecule has 4 rings (SSSR count). The van der Waals surface area contributed by atoms with Crippen LogP contribution in [0, 0.1) is 23.7 Å². The number of hydrogen-bond donors (Lipinski definition) is 2. The number of phenols is 1. The highest BCUT2D eigenvalue weighted by molar-refractivity contribution is 6.30. The predicted molar refractivity (Wildman–Crippen MR) is 128 cm³/mol. The third-order valence-electron chi connectivity index (χ3n) is 6.33. The van der Waals surface area contributed by atoms with Gasteiger partial charge in [0.05, 0.1) is 30.4 Å². The summed E-state index contributed by atoms with van der Waals surface area (Å²) >= 11 is 6.32. The van der Waals surface area contributed by atoms with Crippen molar-refractivity contribution in [3.8, 4) is 17.6 Å². The number of ether oxygens (including phenoxy) is 1. The first kappa shape index (κ1) is 22.8. The average molecular weight is 464 g/mol. The summed E-state index contributed by atoms with van der Waals surface area (Å²) in [7, 11) is 1.46. The van der Waals surface area contributed by atoms with E-state index in [0.29, 0.717) is 29.0 Å². The molecule has 1 aliphatic carbocycles. The molecule has 3 N–H and O–H groups in total. The van der Waals surface area contributed by atoms with Crippen molar-refractivity contribution < 1.29 is 14.6 Å². The normalized spacial score (nSPS) is 19.9. The Kier molecular flexibility index (Phi) is 5.63. The minimum Gasteiger partial charge on any atom is -0.504 e. The SMILES string of the molecule is COc1cc(C2C(C#N)=C(N)N(c3cc(Cl)ccc3C)C3=C2C(=O)CC(C)(C)C3)ccc1O. The van der Waals surface area contributed by atoms with Crippen molar-refractivity contribution >= 4 is 23.1 Å². The molecule has 0 radical (unpaired) electrons. The van der Waals surface area contributed by atoms with Crippen LogP contribution in [0.2, 0.25) is 5.02 Å². The maximum atomic E-state index is 13.6. The van der Waals surface area contributed by atoms with Crippen molar-refractivity contribution in [2.24, 2.45) is 11.1 Å². The van der Waals surface area contributed by atoms with Crippen molar-refractivity contribution in [3.63, 3.8) is 0 Å². The predicted octanol–water partition coefficient (Wildman–Crippen LogP) is 5.30. The Morgan fingerprint density at radius 2 is 1.97 bits per heavy atom. The number of Topliss-reactive ketones (excluding diaryl/α,β-unsaturated/α-hetero) is 1. The van der Waals surface area contributed by atoms with Crippen molar-refractivity contribution in [1.82, 2.24) is 0 Å². The zero-order valence-corrected chi connectivity index (χ0v) is 19.8. The number of nitrogens with two attached hydrogens (primary N) is 1. The molecule has 2 aromatic rings. The van der Waals surface area contributed by atoms with E-state index in [1.807, 2.05) is 17.9 Å². The Morgan fingerprint density at radius 1 is 1.24 bits per heavy atom. The lowest BCUT2D eigenvalue weighted by Gasteiger charge is -2.44. The van der Waals surface area contributed by atoms with E-state index in [9.17, 15) is 15.2 Å². The molecule has 0 bridgehead atoms. The second-order valence-corrected chi connectivity index (χ2v) is 9.78. The van der Waals surface area contributed by atoms with E-state index in [0.717, 1.165) is 16.9 Å². The minimum atomic E-state index is -0.654. The number of hydrogen-bond acceptors (Lipinski definition) is 6. The molecule has 1 atom stereocenters. The molecule has 6 nitrogen and oxygen atoms in total. The van der Waals surface area contributed by atoms with E-state index in [-0.39, 0.29) is 34.1 Å². The van der Waals surface area contributed by atoms with E-state index in [1.165, 1.54) is 13.2 Å². The van der Waals surface area contributed by atoms with Gasteiger partial charge >= 0.3 is 0 Å². The molecule has 0 fully saturated rings. The summed E-state index contributed by atoms with van der Waals surface area (Å²) in [6.45, 7) is 6.05. The molecule has 1 aliphatic heterocycles. The monoisotopic (exact) mass is 463 g/mol. The van der Waals surface area contributed by atoms with Crippen LogP contribution >= 0.6 is 11.6 Å². The second kappa shape index (κ2) is 8.17. The van der Waals surface area contributed by atoms with Crippen LogP contribution in [-0.2, 0) is 4.79 Å². The van der Waals surface area contributed by atoms with Crippen LogP contribution in [0.25, 0.3) is 0 Å². The quantitative estimate of drug-likeness (QED) is 0.640. The van der Waals surface area contributed by atoms with Gasteiger partial charge < -0.3 is 15.6 Å². The van der Waals surface area contributed by atoms with Crippen LogP contribution in [-0.4, -0.2) is 18.0 Å². The molecule has 2 aliphatic rings. The number of benzene rings is 2. The number of nitrogens with zero attached hydrogens (tertiary/aromatic N) is 2. The Morgan fingerprint density at radius 3 is 2.64 bits per heavy atom. The Labute approximate surface area is 198 Å². The van der Waals surface area contributed by atoms with E-state index in [1.54, 1.807) is 24.3 Å². The Hall–Kier alpha value is -3.43. The molecule has 0 aromatic heterocycles. The van der Waals surface area contributed by atoms with E-state index in [4.69, 9.17) is 22.1 Å². The van der Waals surface area contributed by atoms with E-state index >= 15 is 0 Å². The van der Waals surface area contributed by atoms with Crippen LogP contribution < -0.4 is 15.4 Å². The first-order chi connectivity index (χ1) is 15.6. The van der Waals surface area contributed by atoms with Gasteiger partial charge in [0.1, 0.15) is 5.82 Å². The van der Waals surface area contributed by atoms with Crippen LogP contribution in [0.3, 0.4) is 0 Å². The molecule has 170 valence electrons. The van der Waals surface area contributed by atoms with E-state index in [2.05, 4.69) is 19.9 Å². The summed E-state index contributed by atoms with van der Waals surface area (Å²) in [6, 6.07) is 12.6. The lowest BCUT2D eigenvalue weighted by molar-refractivity contribution is -0.118. The van der Waals surface area contributed by atoms with Crippen LogP contribution in [0.1, 0.15) is 43.7 Å². The molecule has 0 saturated heterocycles. The molecule has 1 heterocycles. The first-order valence-corrected chi connectivity index (χ1v) is 11.0. The number of rotatable bonds is 3. The summed E-state index contributed by atoms with van der Waals surface area (Å²) in [5, 5.41) is 20.8. The maximum absolute atomic E-state index is 13.6. The van der Waals surface area contributed by atoms with Crippen LogP contribution in [0.4, 0.5) is 5.69 Å². The highest BCUT2D eigenvalue weighted by Gasteiger charge is 2.45. The fourth-order valence-electron chi connectivity index (χ4n) is 4.81. The fourth-order valence-corrected chi connectivity index (χ4v) is 4.98. The van der Waals surface area contributed by atoms with Crippen LogP contribution in [0.15, 0.2) is 59.1 Å². The minimum absolute atomic E-state index is 0.0194. The second-order valence-electron chi connectivity index (χ2n) is 9.34.